The number of halogens is 1. The molecule has 0 N–H and O–H groups in total. The zero-order valence-electron chi connectivity index (χ0n) is 13.0. The van der Waals surface area contributed by atoms with Crippen LogP contribution in [0.1, 0.15) is 22.8 Å². The second-order valence-corrected chi connectivity index (χ2v) is 6.81. The van der Waals surface area contributed by atoms with E-state index in [1.807, 2.05) is 35.8 Å². The first kappa shape index (κ1) is 14.5. The summed E-state index contributed by atoms with van der Waals surface area (Å²) >= 11 is 3.48. The lowest BCUT2D eigenvalue weighted by molar-refractivity contribution is 0.0943. The first-order valence-electron chi connectivity index (χ1n) is 7.64. The summed E-state index contributed by atoms with van der Waals surface area (Å²) in [6.45, 7) is 4.31. The second kappa shape index (κ2) is 5.24. The van der Waals surface area contributed by atoms with Crippen molar-refractivity contribution in [2.24, 2.45) is 0 Å². The van der Waals surface area contributed by atoms with Crippen molar-refractivity contribution in [1.82, 2.24) is 4.57 Å². The Kier molecular flexibility index (Phi) is 3.31. The first-order valence-corrected chi connectivity index (χ1v) is 8.44. The molecule has 1 aliphatic heterocycles. The van der Waals surface area contributed by atoms with Gasteiger partial charge in [0.25, 0.3) is 0 Å². The standard InChI is InChI=1S/C19H16BrNO2/c1-11-3-8-16-17-15(9-10-23-16)19(21(12(2)22)18(11)17)13-4-6-14(20)7-5-13/h3-8H,9-10H2,1-2H3. The van der Waals surface area contributed by atoms with Crippen molar-refractivity contribution in [3.8, 4) is 17.0 Å². The van der Waals surface area contributed by atoms with Crippen LogP contribution in [0.4, 0.5) is 0 Å². The van der Waals surface area contributed by atoms with Crippen LogP contribution in [0.25, 0.3) is 22.2 Å². The average molecular weight is 370 g/mol. The highest BCUT2D eigenvalue weighted by atomic mass is 79.9. The number of ether oxygens (including phenoxy) is 1. The number of rotatable bonds is 1. The van der Waals surface area contributed by atoms with E-state index in [1.54, 1.807) is 6.92 Å². The number of carbonyl (C=O) groups excluding carboxylic acids is 1. The van der Waals surface area contributed by atoms with E-state index in [1.165, 1.54) is 5.56 Å². The summed E-state index contributed by atoms with van der Waals surface area (Å²) in [5.41, 5.74) is 5.33. The van der Waals surface area contributed by atoms with Gasteiger partial charge in [-0.15, -0.1) is 0 Å². The van der Waals surface area contributed by atoms with Gasteiger partial charge < -0.3 is 4.74 Å². The first-order chi connectivity index (χ1) is 11.1. The number of hydrogen-bond acceptors (Lipinski definition) is 2. The molecule has 3 nitrogen and oxygen atoms in total. The molecule has 1 aromatic heterocycles. The fraction of sp³-hybridized carbons (Fsp3) is 0.211. The Morgan fingerprint density at radius 3 is 2.61 bits per heavy atom. The molecule has 23 heavy (non-hydrogen) atoms. The average Bonchev–Trinajstić information content (AvgIpc) is 2.89. The molecule has 0 unspecified atom stereocenters. The lowest BCUT2D eigenvalue weighted by atomic mass is 10.00. The Hall–Kier alpha value is -2.07. The highest BCUT2D eigenvalue weighted by molar-refractivity contribution is 9.10. The van der Waals surface area contributed by atoms with Gasteiger partial charge in [-0.05, 0) is 41.8 Å². The summed E-state index contributed by atoms with van der Waals surface area (Å²) in [5, 5.41) is 1.09. The molecule has 116 valence electrons. The van der Waals surface area contributed by atoms with Crippen LogP contribution in [0.3, 0.4) is 0 Å². The SMILES string of the molecule is CC(=O)n1c(-c2ccc(Br)cc2)c2c3c(ccc(C)c31)OCC2. The van der Waals surface area contributed by atoms with Crippen molar-refractivity contribution in [2.45, 2.75) is 20.3 Å². The predicted octanol–water partition coefficient (Wildman–Crippen LogP) is 4.97. The van der Waals surface area contributed by atoms with Crippen molar-refractivity contribution in [1.29, 1.82) is 0 Å². The van der Waals surface area contributed by atoms with Gasteiger partial charge in [-0.3, -0.25) is 9.36 Å². The van der Waals surface area contributed by atoms with E-state index in [0.717, 1.165) is 44.4 Å². The summed E-state index contributed by atoms with van der Waals surface area (Å²) in [4.78, 5) is 12.4. The molecule has 4 rings (SSSR count). The Morgan fingerprint density at radius 2 is 1.91 bits per heavy atom. The third-order valence-electron chi connectivity index (χ3n) is 4.42. The van der Waals surface area contributed by atoms with Crippen molar-refractivity contribution in [3.63, 3.8) is 0 Å². The molecule has 0 spiro atoms. The van der Waals surface area contributed by atoms with Crippen LogP contribution in [-0.4, -0.2) is 17.1 Å². The number of hydrogen-bond donors (Lipinski definition) is 0. The van der Waals surface area contributed by atoms with Crippen molar-refractivity contribution >= 4 is 32.7 Å². The van der Waals surface area contributed by atoms with E-state index in [-0.39, 0.29) is 5.91 Å². The minimum absolute atomic E-state index is 0.0290. The molecule has 0 saturated carbocycles. The molecule has 0 bridgehead atoms. The number of aromatic nitrogens is 1. The van der Waals surface area contributed by atoms with E-state index < -0.39 is 0 Å². The molecular weight excluding hydrogens is 354 g/mol. The molecule has 2 heterocycles. The molecule has 0 aliphatic carbocycles. The third kappa shape index (κ3) is 2.12. The number of benzene rings is 2. The fourth-order valence-electron chi connectivity index (χ4n) is 3.47. The Labute approximate surface area is 143 Å². The quantitative estimate of drug-likeness (QED) is 0.605. The van der Waals surface area contributed by atoms with Gasteiger partial charge in [0.2, 0.25) is 5.91 Å². The Bertz CT molecular complexity index is 938. The van der Waals surface area contributed by atoms with E-state index in [2.05, 4.69) is 28.1 Å². The third-order valence-corrected chi connectivity index (χ3v) is 4.95. The van der Waals surface area contributed by atoms with Crippen LogP contribution < -0.4 is 4.74 Å². The number of nitrogens with zero attached hydrogens (tertiary/aromatic N) is 1. The summed E-state index contributed by atoms with van der Waals surface area (Å²) < 4.78 is 8.70. The smallest absolute Gasteiger partial charge is 0.228 e. The van der Waals surface area contributed by atoms with Crippen LogP contribution in [0.15, 0.2) is 40.9 Å². The summed E-state index contributed by atoms with van der Waals surface area (Å²) in [6.07, 6.45) is 0.818. The molecular formula is C19H16BrNO2. The van der Waals surface area contributed by atoms with Crippen molar-refractivity contribution < 1.29 is 9.53 Å². The number of aryl methyl sites for hydroxylation is 1. The molecule has 0 atom stereocenters. The highest BCUT2D eigenvalue weighted by Gasteiger charge is 2.26. The Morgan fingerprint density at radius 1 is 1.17 bits per heavy atom. The second-order valence-electron chi connectivity index (χ2n) is 5.89. The van der Waals surface area contributed by atoms with Crippen LogP contribution in [0, 0.1) is 6.92 Å². The zero-order chi connectivity index (χ0) is 16.1. The topological polar surface area (TPSA) is 31.2 Å². The normalized spacial score (nSPS) is 13.2. The van der Waals surface area contributed by atoms with Gasteiger partial charge in [-0.2, -0.15) is 0 Å². The van der Waals surface area contributed by atoms with E-state index >= 15 is 0 Å². The lowest BCUT2D eigenvalue weighted by Gasteiger charge is -2.15. The predicted molar refractivity (Wildman–Crippen MR) is 95.3 cm³/mol. The van der Waals surface area contributed by atoms with Crippen LogP contribution in [0.5, 0.6) is 5.75 Å². The molecule has 2 aromatic carbocycles. The van der Waals surface area contributed by atoms with Gasteiger partial charge in [0.15, 0.2) is 0 Å². The van der Waals surface area contributed by atoms with E-state index in [9.17, 15) is 4.79 Å². The minimum Gasteiger partial charge on any atom is -0.493 e. The van der Waals surface area contributed by atoms with Gasteiger partial charge in [-0.25, -0.2) is 0 Å². The molecule has 3 aromatic rings. The van der Waals surface area contributed by atoms with Crippen LogP contribution in [0.2, 0.25) is 0 Å². The van der Waals surface area contributed by atoms with E-state index in [0.29, 0.717) is 6.61 Å². The maximum absolute atomic E-state index is 12.4. The monoisotopic (exact) mass is 369 g/mol. The fourth-order valence-corrected chi connectivity index (χ4v) is 3.74. The maximum Gasteiger partial charge on any atom is 0.228 e. The minimum atomic E-state index is 0.0290. The number of carbonyl (C=O) groups is 1. The van der Waals surface area contributed by atoms with Crippen LogP contribution >= 0.6 is 15.9 Å². The largest absolute Gasteiger partial charge is 0.493 e. The van der Waals surface area contributed by atoms with Gasteiger partial charge in [-0.1, -0.05) is 34.1 Å². The molecule has 0 amide bonds. The molecule has 4 heteroatoms. The van der Waals surface area contributed by atoms with Crippen molar-refractivity contribution in [2.75, 3.05) is 6.61 Å². The lowest BCUT2D eigenvalue weighted by Crippen LogP contribution is -2.09. The zero-order valence-corrected chi connectivity index (χ0v) is 14.6. The van der Waals surface area contributed by atoms with Crippen LogP contribution in [-0.2, 0) is 6.42 Å². The van der Waals surface area contributed by atoms with Gasteiger partial charge in [0, 0.05) is 23.2 Å². The highest BCUT2D eigenvalue weighted by Crippen LogP contribution is 2.42. The van der Waals surface area contributed by atoms with Crippen molar-refractivity contribution in [3.05, 3.63) is 52.0 Å². The molecule has 0 fully saturated rings. The molecule has 0 saturated heterocycles. The Balaban J connectivity index is 2.17. The summed E-state index contributed by atoms with van der Waals surface area (Å²) in [7, 11) is 0. The van der Waals surface area contributed by atoms with E-state index in [4.69, 9.17) is 4.74 Å². The van der Waals surface area contributed by atoms with Gasteiger partial charge in [0.1, 0.15) is 5.75 Å². The summed E-state index contributed by atoms with van der Waals surface area (Å²) in [5.74, 6) is 0.909. The van der Waals surface area contributed by atoms with Gasteiger partial charge in [0.05, 0.1) is 17.8 Å². The van der Waals surface area contributed by atoms with Gasteiger partial charge >= 0.3 is 0 Å². The molecule has 1 aliphatic rings. The maximum atomic E-state index is 12.4. The molecule has 0 radical (unpaired) electrons. The summed E-state index contributed by atoms with van der Waals surface area (Å²) in [6, 6.07) is 12.2.